The molecule has 1 saturated heterocycles. The number of carbonyl (C=O) groups is 1. The second kappa shape index (κ2) is 6.06. The van der Waals surface area contributed by atoms with Gasteiger partial charge in [0.25, 0.3) is 5.91 Å². The van der Waals surface area contributed by atoms with Gasteiger partial charge in [-0.05, 0) is 35.4 Å². The van der Waals surface area contributed by atoms with Crippen LogP contribution in [-0.4, -0.2) is 37.1 Å². The number of hydrogen-bond acceptors (Lipinski definition) is 2. The third kappa shape index (κ3) is 3.11. The molecule has 1 fully saturated rings. The van der Waals surface area contributed by atoms with Crippen molar-refractivity contribution < 1.29 is 13.9 Å². The van der Waals surface area contributed by atoms with E-state index >= 15 is 0 Å². The molecule has 4 heteroatoms. The van der Waals surface area contributed by atoms with E-state index in [-0.39, 0.29) is 11.7 Å². The predicted octanol–water partition coefficient (Wildman–Crippen LogP) is 2.97. The summed E-state index contributed by atoms with van der Waals surface area (Å²) < 4.78 is 18.5. The first-order valence-corrected chi connectivity index (χ1v) is 6.97. The molecule has 2 aromatic rings. The molecule has 1 amide bonds. The lowest BCUT2D eigenvalue weighted by Gasteiger charge is -2.26. The second-order valence-electron chi connectivity index (χ2n) is 4.99. The van der Waals surface area contributed by atoms with E-state index in [0.717, 1.165) is 11.1 Å². The summed E-state index contributed by atoms with van der Waals surface area (Å²) in [6.45, 7) is 2.44. The van der Waals surface area contributed by atoms with Gasteiger partial charge in [0.15, 0.2) is 0 Å². The highest BCUT2D eigenvalue weighted by Gasteiger charge is 2.18. The maximum atomic E-state index is 13.2. The number of ether oxygens (including phenoxy) is 1. The third-order valence-corrected chi connectivity index (χ3v) is 3.59. The van der Waals surface area contributed by atoms with Gasteiger partial charge < -0.3 is 9.64 Å². The highest BCUT2D eigenvalue weighted by molar-refractivity contribution is 5.94. The van der Waals surface area contributed by atoms with Crippen molar-refractivity contribution >= 4 is 5.91 Å². The number of benzene rings is 2. The number of hydrogen-bond donors (Lipinski definition) is 0. The van der Waals surface area contributed by atoms with Crippen LogP contribution >= 0.6 is 0 Å². The van der Waals surface area contributed by atoms with Gasteiger partial charge in [0.05, 0.1) is 13.2 Å². The summed E-state index contributed by atoms with van der Waals surface area (Å²) in [6, 6.07) is 13.7. The molecule has 108 valence electrons. The maximum absolute atomic E-state index is 13.2. The topological polar surface area (TPSA) is 29.5 Å². The normalized spacial score (nSPS) is 15.0. The minimum Gasteiger partial charge on any atom is -0.378 e. The predicted molar refractivity (Wildman–Crippen MR) is 78.6 cm³/mol. The molecule has 0 aromatic heterocycles. The molecule has 0 spiro atoms. The zero-order chi connectivity index (χ0) is 14.7. The fourth-order valence-electron chi connectivity index (χ4n) is 2.42. The zero-order valence-electron chi connectivity index (χ0n) is 11.6. The molecule has 3 nitrogen and oxygen atoms in total. The van der Waals surface area contributed by atoms with Crippen LogP contribution in [-0.2, 0) is 4.74 Å². The Morgan fingerprint density at radius 3 is 2.38 bits per heavy atom. The van der Waals surface area contributed by atoms with Crippen LogP contribution in [0.25, 0.3) is 11.1 Å². The summed E-state index contributed by atoms with van der Waals surface area (Å²) in [4.78, 5) is 14.1. The van der Waals surface area contributed by atoms with Gasteiger partial charge in [-0.3, -0.25) is 4.79 Å². The molecule has 1 aliphatic heterocycles. The molecule has 2 aromatic carbocycles. The van der Waals surface area contributed by atoms with Crippen LogP contribution in [0.1, 0.15) is 10.4 Å². The van der Waals surface area contributed by atoms with E-state index in [1.165, 1.54) is 12.1 Å². The second-order valence-corrected chi connectivity index (χ2v) is 4.99. The number of rotatable bonds is 2. The van der Waals surface area contributed by atoms with Gasteiger partial charge in [0, 0.05) is 18.7 Å². The van der Waals surface area contributed by atoms with E-state index in [1.54, 1.807) is 23.1 Å². The quantitative estimate of drug-likeness (QED) is 0.849. The molecular weight excluding hydrogens is 269 g/mol. The van der Waals surface area contributed by atoms with E-state index in [2.05, 4.69) is 0 Å². The van der Waals surface area contributed by atoms with Crippen molar-refractivity contribution in [3.8, 4) is 11.1 Å². The SMILES string of the molecule is O=C(c1ccc(-c2cccc(F)c2)cc1)N1CCOCC1. The summed E-state index contributed by atoms with van der Waals surface area (Å²) in [7, 11) is 0. The van der Waals surface area contributed by atoms with E-state index in [4.69, 9.17) is 4.74 Å². The summed E-state index contributed by atoms with van der Waals surface area (Å²) in [5.74, 6) is -0.245. The van der Waals surface area contributed by atoms with Gasteiger partial charge in [0.2, 0.25) is 0 Å². The Morgan fingerprint density at radius 2 is 1.71 bits per heavy atom. The van der Waals surface area contributed by atoms with Crippen molar-refractivity contribution in [2.75, 3.05) is 26.3 Å². The Bertz CT molecular complexity index is 633. The van der Waals surface area contributed by atoms with Crippen LogP contribution in [0, 0.1) is 5.82 Å². The first kappa shape index (κ1) is 13.8. The first-order valence-electron chi connectivity index (χ1n) is 6.97. The average Bonchev–Trinajstić information content (AvgIpc) is 2.55. The Labute approximate surface area is 123 Å². The van der Waals surface area contributed by atoms with E-state index in [1.807, 2.05) is 18.2 Å². The van der Waals surface area contributed by atoms with Gasteiger partial charge in [-0.15, -0.1) is 0 Å². The van der Waals surface area contributed by atoms with E-state index < -0.39 is 0 Å². The van der Waals surface area contributed by atoms with Crippen molar-refractivity contribution in [1.82, 2.24) is 4.90 Å². The molecule has 0 radical (unpaired) electrons. The van der Waals surface area contributed by atoms with E-state index in [9.17, 15) is 9.18 Å². The van der Waals surface area contributed by atoms with Gasteiger partial charge in [-0.1, -0.05) is 24.3 Å². The van der Waals surface area contributed by atoms with Crippen LogP contribution in [0.5, 0.6) is 0 Å². The van der Waals surface area contributed by atoms with E-state index in [0.29, 0.717) is 31.9 Å². The Balaban J connectivity index is 1.79. The molecule has 0 N–H and O–H groups in total. The molecule has 0 atom stereocenters. The van der Waals surface area contributed by atoms with Gasteiger partial charge in [-0.25, -0.2) is 4.39 Å². The zero-order valence-corrected chi connectivity index (χ0v) is 11.6. The summed E-state index contributed by atoms with van der Waals surface area (Å²) in [5.41, 5.74) is 2.35. The van der Waals surface area contributed by atoms with Crippen molar-refractivity contribution in [3.63, 3.8) is 0 Å². The van der Waals surface area contributed by atoms with Crippen molar-refractivity contribution in [3.05, 3.63) is 59.9 Å². The number of amides is 1. The molecule has 1 aliphatic rings. The van der Waals surface area contributed by atoms with Crippen molar-refractivity contribution in [2.45, 2.75) is 0 Å². The Hall–Kier alpha value is -2.20. The average molecular weight is 285 g/mol. The number of morpholine rings is 1. The van der Waals surface area contributed by atoms with Crippen molar-refractivity contribution in [1.29, 1.82) is 0 Å². The largest absolute Gasteiger partial charge is 0.378 e. The lowest BCUT2D eigenvalue weighted by atomic mass is 10.0. The highest BCUT2D eigenvalue weighted by Crippen LogP contribution is 2.21. The van der Waals surface area contributed by atoms with Crippen LogP contribution < -0.4 is 0 Å². The third-order valence-electron chi connectivity index (χ3n) is 3.59. The minimum atomic E-state index is -0.263. The molecule has 21 heavy (non-hydrogen) atoms. The van der Waals surface area contributed by atoms with Gasteiger partial charge in [0.1, 0.15) is 5.82 Å². The molecule has 1 heterocycles. The lowest BCUT2D eigenvalue weighted by molar-refractivity contribution is 0.0303. The number of carbonyl (C=O) groups excluding carboxylic acids is 1. The van der Waals surface area contributed by atoms with Crippen LogP contribution in [0.3, 0.4) is 0 Å². The maximum Gasteiger partial charge on any atom is 0.254 e. The molecule has 3 rings (SSSR count). The molecule has 0 bridgehead atoms. The standard InChI is InChI=1S/C17H16FNO2/c18-16-3-1-2-15(12-16)13-4-6-14(7-5-13)17(20)19-8-10-21-11-9-19/h1-7,12H,8-11H2. The first-order chi connectivity index (χ1) is 10.2. The van der Waals surface area contributed by atoms with Crippen LogP contribution in [0.15, 0.2) is 48.5 Å². The Morgan fingerprint density at radius 1 is 1.00 bits per heavy atom. The monoisotopic (exact) mass is 285 g/mol. The number of nitrogens with zero attached hydrogens (tertiary/aromatic N) is 1. The lowest BCUT2D eigenvalue weighted by Crippen LogP contribution is -2.40. The fourth-order valence-corrected chi connectivity index (χ4v) is 2.42. The summed E-state index contributed by atoms with van der Waals surface area (Å²) >= 11 is 0. The van der Waals surface area contributed by atoms with Gasteiger partial charge in [-0.2, -0.15) is 0 Å². The summed E-state index contributed by atoms with van der Waals surface area (Å²) in [5, 5.41) is 0. The van der Waals surface area contributed by atoms with Crippen LogP contribution in [0.4, 0.5) is 4.39 Å². The molecule has 0 saturated carbocycles. The minimum absolute atomic E-state index is 0.0177. The molecule has 0 aliphatic carbocycles. The summed E-state index contributed by atoms with van der Waals surface area (Å²) in [6.07, 6.45) is 0. The number of halogens is 1. The smallest absolute Gasteiger partial charge is 0.254 e. The van der Waals surface area contributed by atoms with Crippen molar-refractivity contribution in [2.24, 2.45) is 0 Å². The Kier molecular flexibility index (Phi) is 3.97. The van der Waals surface area contributed by atoms with Crippen LogP contribution in [0.2, 0.25) is 0 Å². The van der Waals surface area contributed by atoms with Gasteiger partial charge >= 0.3 is 0 Å². The highest BCUT2D eigenvalue weighted by atomic mass is 19.1. The fraction of sp³-hybridized carbons (Fsp3) is 0.235. The molecule has 0 unspecified atom stereocenters. The molecular formula is C17H16FNO2.